The van der Waals surface area contributed by atoms with E-state index < -0.39 is 0 Å². The molecule has 2 atom stereocenters. The highest BCUT2D eigenvalue weighted by molar-refractivity contribution is 5.84. The summed E-state index contributed by atoms with van der Waals surface area (Å²) in [6.45, 7) is 6.32. The van der Waals surface area contributed by atoms with Gasteiger partial charge >= 0.3 is 0 Å². The number of rotatable bonds is 4. The number of methoxy groups -OCH3 is 1. The van der Waals surface area contributed by atoms with Crippen LogP contribution in [0.5, 0.6) is 0 Å². The maximum Gasteiger partial charge on any atom is 0.142 e. The first kappa shape index (κ1) is 15.2. The van der Waals surface area contributed by atoms with E-state index in [0.717, 1.165) is 19.3 Å². The summed E-state index contributed by atoms with van der Waals surface area (Å²) >= 11 is 0. The topological polar surface area (TPSA) is 26.3 Å². The highest BCUT2D eigenvalue weighted by atomic mass is 16.5. The van der Waals surface area contributed by atoms with Gasteiger partial charge in [0.15, 0.2) is 0 Å². The van der Waals surface area contributed by atoms with Gasteiger partial charge < -0.3 is 4.74 Å². The van der Waals surface area contributed by atoms with Crippen LogP contribution < -0.4 is 0 Å². The van der Waals surface area contributed by atoms with Crippen LogP contribution in [-0.2, 0) is 16.0 Å². The summed E-state index contributed by atoms with van der Waals surface area (Å²) in [5, 5.41) is 0. The van der Waals surface area contributed by atoms with Gasteiger partial charge in [-0.15, -0.1) is 0 Å². The van der Waals surface area contributed by atoms with Crippen molar-refractivity contribution in [2.75, 3.05) is 7.11 Å². The Morgan fingerprint density at radius 1 is 1.15 bits per heavy atom. The molecule has 0 aromatic heterocycles. The number of benzene rings is 1. The van der Waals surface area contributed by atoms with Crippen LogP contribution >= 0.6 is 0 Å². The van der Waals surface area contributed by atoms with Gasteiger partial charge in [-0.25, -0.2) is 0 Å². The van der Waals surface area contributed by atoms with Gasteiger partial charge in [0.05, 0.1) is 6.10 Å². The predicted octanol–water partition coefficient (Wildman–Crippen LogP) is 3.93. The van der Waals surface area contributed by atoms with Crippen LogP contribution in [0.25, 0.3) is 0 Å². The molecule has 2 nitrogen and oxygen atoms in total. The molecular formula is C18H26O2. The van der Waals surface area contributed by atoms with Gasteiger partial charge in [0.2, 0.25) is 0 Å². The molecule has 0 aliphatic heterocycles. The van der Waals surface area contributed by atoms with Crippen LogP contribution in [-0.4, -0.2) is 19.0 Å². The zero-order valence-corrected chi connectivity index (χ0v) is 13.2. The molecule has 1 saturated carbocycles. The molecule has 2 heteroatoms. The highest BCUT2D eigenvalue weighted by Gasteiger charge is 2.30. The molecule has 0 radical (unpaired) electrons. The third-order valence-electron chi connectivity index (χ3n) is 4.61. The Morgan fingerprint density at radius 2 is 1.75 bits per heavy atom. The van der Waals surface area contributed by atoms with Crippen LogP contribution in [0.15, 0.2) is 12.1 Å². The van der Waals surface area contributed by atoms with E-state index in [9.17, 15) is 4.79 Å². The summed E-state index contributed by atoms with van der Waals surface area (Å²) in [5.41, 5.74) is 4.95. The minimum absolute atomic E-state index is 0.0915. The van der Waals surface area contributed by atoms with Crippen LogP contribution in [0.3, 0.4) is 0 Å². The minimum Gasteiger partial charge on any atom is -0.381 e. The first-order chi connectivity index (χ1) is 9.52. The van der Waals surface area contributed by atoms with Crippen molar-refractivity contribution in [2.24, 2.45) is 5.92 Å². The fourth-order valence-electron chi connectivity index (χ4n) is 3.54. The minimum atomic E-state index is 0.0915. The van der Waals surface area contributed by atoms with Crippen molar-refractivity contribution < 1.29 is 9.53 Å². The number of Topliss-reactive ketones (excluding diaryl/α,β-unsaturated/α-hetero) is 1. The molecular weight excluding hydrogens is 248 g/mol. The molecule has 0 bridgehead atoms. The lowest BCUT2D eigenvalue weighted by molar-refractivity contribution is -0.128. The van der Waals surface area contributed by atoms with Crippen LogP contribution in [0.2, 0.25) is 0 Å². The van der Waals surface area contributed by atoms with Crippen molar-refractivity contribution in [3.8, 4) is 0 Å². The van der Waals surface area contributed by atoms with Crippen molar-refractivity contribution in [1.29, 1.82) is 0 Å². The molecule has 1 aliphatic carbocycles. The smallest absolute Gasteiger partial charge is 0.142 e. The van der Waals surface area contributed by atoms with Gasteiger partial charge in [0.1, 0.15) is 5.78 Å². The van der Waals surface area contributed by atoms with E-state index in [1.165, 1.54) is 28.7 Å². The maximum atomic E-state index is 12.6. The first-order valence-corrected chi connectivity index (χ1v) is 7.65. The summed E-state index contributed by atoms with van der Waals surface area (Å²) in [7, 11) is 1.73. The molecule has 1 aromatic rings. The quantitative estimate of drug-likeness (QED) is 0.831. The van der Waals surface area contributed by atoms with E-state index in [-0.39, 0.29) is 12.0 Å². The van der Waals surface area contributed by atoms with E-state index in [2.05, 4.69) is 32.9 Å². The molecule has 2 rings (SSSR count). The van der Waals surface area contributed by atoms with Crippen molar-refractivity contribution in [2.45, 2.75) is 59.0 Å². The van der Waals surface area contributed by atoms with E-state index in [1.807, 2.05) is 0 Å². The average Bonchev–Trinajstić information content (AvgIpc) is 2.42. The Morgan fingerprint density at radius 3 is 2.35 bits per heavy atom. The van der Waals surface area contributed by atoms with E-state index >= 15 is 0 Å². The lowest BCUT2D eigenvalue weighted by Crippen LogP contribution is -2.34. The number of hydrogen-bond donors (Lipinski definition) is 0. The summed E-state index contributed by atoms with van der Waals surface area (Å²) in [4.78, 5) is 12.6. The van der Waals surface area contributed by atoms with Gasteiger partial charge in [-0.1, -0.05) is 30.5 Å². The molecule has 0 N–H and O–H groups in total. The molecule has 110 valence electrons. The van der Waals surface area contributed by atoms with Crippen molar-refractivity contribution in [3.05, 3.63) is 34.4 Å². The Bertz CT molecular complexity index is 467. The normalized spacial score (nSPS) is 22.8. The molecule has 1 aliphatic rings. The van der Waals surface area contributed by atoms with Crippen molar-refractivity contribution >= 4 is 5.78 Å². The van der Waals surface area contributed by atoms with Crippen LogP contribution in [0, 0.1) is 26.7 Å². The van der Waals surface area contributed by atoms with Gasteiger partial charge in [0, 0.05) is 19.4 Å². The second-order valence-corrected chi connectivity index (χ2v) is 6.19. The zero-order chi connectivity index (χ0) is 14.7. The van der Waals surface area contributed by atoms with E-state index in [0.29, 0.717) is 12.2 Å². The largest absolute Gasteiger partial charge is 0.381 e. The maximum absolute atomic E-state index is 12.6. The Kier molecular flexibility index (Phi) is 4.98. The highest BCUT2D eigenvalue weighted by Crippen LogP contribution is 2.29. The number of ether oxygens (including phenoxy) is 1. The van der Waals surface area contributed by atoms with Crippen LogP contribution in [0.1, 0.15) is 47.9 Å². The van der Waals surface area contributed by atoms with Gasteiger partial charge in [-0.05, 0) is 50.3 Å². The standard InChI is InChI=1S/C18H26O2/c1-12-9-13(2)16(14(3)10-12)11-17(19)15-7-5-6-8-18(15)20-4/h9-10,15,18H,5-8,11H2,1-4H3. The molecule has 0 spiro atoms. The molecule has 1 fully saturated rings. The van der Waals surface area contributed by atoms with E-state index in [1.54, 1.807) is 7.11 Å². The lowest BCUT2D eigenvalue weighted by atomic mass is 9.81. The average molecular weight is 274 g/mol. The molecule has 1 aromatic carbocycles. The lowest BCUT2D eigenvalue weighted by Gasteiger charge is -2.29. The number of aryl methyl sites for hydroxylation is 3. The van der Waals surface area contributed by atoms with Crippen LogP contribution in [0.4, 0.5) is 0 Å². The number of carbonyl (C=O) groups is 1. The second-order valence-electron chi connectivity index (χ2n) is 6.19. The molecule has 0 amide bonds. The molecule has 0 saturated heterocycles. The second kappa shape index (κ2) is 6.53. The van der Waals surface area contributed by atoms with Gasteiger partial charge in [0.25, 0.3) is 0 Å². The summed E-state index contributed by atoms with van der Waals surface area (Å²) in [6.07, 6.45) is 5.04. The SMILES string of the molecule is COC1CCCCC1C(=O)Cc1c(C)cc(C)cc1C. The third kappa shape index (κ3) is 3.29. The Balaban J connectivity index is 2.15. The number of carbonyl (C=O) groups excluding carboxylic acids is 1. The number of hydrogen-bond acceptors (Lipinski definition) is 2. The van der Waals surface area contributed by atoms with Crippen molar-refractivity contribution in [3.63, 3.8) is 0 Å². The predicted molar refractivity (Wildman–Crippen MR) is 82.1 cm³/mol. The summed E-state index contributed by atoms with van der Waals surface area (Å²) in [5.74, 6) is 0.445. The fourth-order valence-corrected chi connectivity index (χ4v) is 3.54. The molecule has 0 heterocycles. The Hall–Kier alpha value is -1.15. The fraction of sp³-hybridized carbons (Fsp3) is 0.611. The first-order valence-electron chi connectivity index (χ1n) is 7.65. The third-order valence-corrected chi connectivity index (χ3v) is 4.61. The number of ketones is 1. The van der Waals surface area contributed by atoms with Gasteiger partial charge in [-0.2, -0.15) is 0 Å². The summed E-state index contributed by atoms with van der Waals surface area (Å²) < 4.78 is 5.52. The summed E-state index contributed by atoms with van der Waals surface area (Å²) in [6, 6.07) is 4.34. The monoisotopic (exact) mass is 274 g/mol. The van der Waals surface area contributed by atoms with Gasteiger partial charge in [-0.3, -0.25) is 4.79 Å². The molecule has 20 heavy (non-hydrogen) atoms. The van der Waals surface area contributed by atoms with E-state index in [4.69, 9.17) is 4.74 Å². The molecule has 2 unspecified atom stereocenters. The zero-order valence-electron chi connectivity index (χ0n) is 13.2. The Labute approximate surface area is 122 Å². The van der Waals surface area contributed by atoms with Crippen molar-refractivity contribution in [1.82, 2.24) is 0 Å².